The van der Waals surface area contributed by atoms with Crippen LogP contribution in [0.4, 0.5) is 14.0 Å². The van der Waals surface area contributed by atoms with Crippen molar-refractivity contribution in [3.05, 3.63) is 35.9 Å². The van der Waals surface area contributed by atoms with Crippen LogP contribution in [0.25, 0.3) is 0 Å². The fourth-order valence-electron chi connectivity index (χ4n) is 3.35. The number of hydrogen-bond donors (Lipinski definition) is 2. The first kappa shape index (κ1) is 20.0. The molecule has 2 N–H and O–H groups in total. The number of amides is 2. The summed E-state index contributed by atoms with van der Waals surface area (Å²) in [5, 5.41) is 11.5. The molecule has 0 bridgehead atoms. The Labute approximate surface area is 153 Å². The monoisotopic (exact) mass is 366 g/mol. The highest BCUT2D eigenvalue weighted by atomic mass is 19.1. The van der Waals surface area contributed by atoms with Crippen LogP contribution < -0.4 is 5.32 Å². The zero-order valence-electron chi connectivity index (χ0n) is 15.1. The third kappa shape index (κ3) is 6.90. The van der Waals surface area contributed by atoms with Crippen LogP contribution in [0.1, 0.15) is 37.7 Å². The van der Waals surface area contributed by atoms with Gasteiger partial charge in [0.2, 0.25) is 0 Å². The first-order chi connectivity index (χ1) is 12.4. The highest BCUT2D eigenvalue weighted by Gasteiger charge is 2.26. The molecule has 0 unspecified atom stereocenters. The first-order valence-corrected chi connectivity index (χ1v) is 8.99. The molecule has 0 aliphatic heterocycles. The Kier molecular flexibility index (Phi) is 7.69. The lowest BCUT2D eigenvalue weighted by atomic mass is 9.84. The summed E-state index contributed by atoms with van der Waals surface area (Å²) in [7, 11) is 1.59. The Bertz CT molecular complexity index is 576. The molecule has 7 heteroatoms. The quantitative estimate of drug-likeness (QED) is 0.769. The number of nitrogens with one attached hydrogen (secondary N) is 1. The van der Waals surface area contributed by atoms with Gasteiger partial charge in [-0.05, 0) is 43.6 Å². The van der Waals surface area contributed by atoms with Gasteiger partial charge in [0.1, 0.15) is 12.8 Å². The Morgan fingerprint density at radius 1 is 1.27 bits per heavy atom. The van der Waals surface area contributed by atoms with Gasteiger partial charge < -0.3 is 20.1 Å². The summed E-state index contributed by atoms with van der Waals surface area (Å²) in [6, 6.07) is 8.95. The molecular formula is C19H27FN2O4. The minimum atomic E-state index is -1.12. The molecule has 1 aromatic rings. The number of carbonyl (C=O) groups is 2. The van der Waals surface area contributed by atoms with E-state index in [0.717, 1.165) is 18.4 Å². The lowest BCUT2D eigenvalue weighted by Crippen LogP contribution is -2.45. The van der Waals surface area contributed by atoms with Gasteiger partial charge in [0, 0.05) is 13.6 Å². The molecule has 0 spiro atoms. The van der Waals surface area contributed by atoms with Crippen LogP contribution in [-0.2, 0) is 11.3 Å². The van der Waals surface area contributed by atoms with Gasteiger partial charge in [-0.15, -0.1) is 0 Å². The minimum absolute atomic E-state index is 0.168. The summed E-state index contributed by atoms with van der Waals surface area (Å²) >= 11 is 0. The molecule has 26 heavy (non-hydrogen) atoms. The highest BCUT2D eigenvalue weighted by molar-refractivity contribution is 5.68. The lowest BCUT2D eigenvalue weighted by Gasteiger charge is -2.30. The number of halogens is 1. The van der Waals surface area contributed by atoms with Crippen LogP contribution in [0, 0.1) is 5.92 Å². The van der Waals surface area contributed by atoms with Gasteiger partial charge >= 0.3 is 12.2 Å². The molecule has 0 radical (unpaired) electrons. The van der Waals surface area contributed by atoms with E-state index in [9.17, 15) is 14.0 Å². The third-order valence-electron chi connectivity index (χ3n) is 4.73. The number of carboxylic acid groups (broad SMARTS) is 1. The predicted molar refractivity (Wildman–Crippen MR) is 95.7 cm³/mol. The van der Waals surface area contributed by atoms with Gasteiger partial charge in [0.25, 0.3) is 0 Å². The van der Waals surface area contributed by atoms with E-state index in [1.807, 2.05) is 30.3 Å². The third-order valence-corrected chi connectivity index (χ3v) is 4.73. The van der Waals surface area contributed by atoms with Crippen LogP contribution in [0.15, 0.2) is 30.3 Å². The zero-order chi connectivity index (χ0) is 18.9. The Balaban J connectivity index is 1.83. The van der Waals surface area contributed by atoms with Crippen molar-refractivity contribution in [2.45, 2.75) is 50.9 Å². The maximum Gasteiger partial charge on any atom is 0.409 e. The number of benzene rings is 1. The van der Waals surface area contributed by atoms with Crippen molar-refractivity contribution in [2.24, 2.45) is 5.92 Å². The van der Waals surface area contributed by atoms with Crippen LogP contribution in [-0.4, -0.2) is 48.0 Å². The summed E-state index contributed by atoms with van der Waals surface area (Å²) in [5.74, 6) is 0.271. The number of likely N-dealkylation sites (N-methyl/N-ethyl adjacent to an activating group) is 1. The number of hydrogen-bond acceptors (Lipinski definition) is 3. The van der Waals surface area contributed by atoms with Gasteiger partial charge in [-0.1, -0.05) is 30.3 Å². The fourth-order valence-corrected chi connectivity index (χ4v) is 3.35. The van der Waals surface area contributed by atoms with Crippen LogP contribution >= 0.6 is 0 Å². The second-order valence-corrected chi connectivity index (χ2v) is 6.92. The standard InChI is InChI=1S/C19H27FN2O4/c1-22(19(25)26-13-15-5-3-2-4-6-15)12-17(21-18(23)24)11-14-7-9-16(20)10-8-14/h2-6,14,16-17,21H,7-13H2,1H3,(H,23,24)/t14-,16-,17-/m0/s1. The molecule has 0 aromatic heterocycles. The predicted octanol–water partition coefficient (Wildman–Crippen LogP) is 3.81. The molecule has 1 saturated carbocycles. The normalized spacial score (nSPS) is 20.8. The Morgan fingerprint density at radius 3 is 2.54 bits per heavy atom. The molecule has 144 valence electrons. The van der Waals surface area contributed by atoms with Crippen molar-refractivity contribution >= 4 is 12.2 Å². The zero-order valence-corrected chi connectivity index (χ0v) is 15.1. The average Bonchev–Trinajstić information content (AvgIpc) is 2.62. The van der Waals surface area contributed by atoms with E-state index in [1.54, 1.807) is 7.05 Å². The molecule has 1 aromatic carbocycles. The van der Waals surface area contributed by atoms with E-state index in [0.29, 0.717) is 19.3 Å². The number of rotatable bonds is 7. The minimum Gasteiger partial charge on any atom is -0.465 e. The maximum absolute atomic E-state index is 13.3. The van der Waals surface area contributed by atoms with E-state index in [1.165, 1.54) is 4.90 Å². The van der Waals surface area contributed by atoms with E-state index in [-0.39, 0.29) is 19.1 Å². The second kappa shape index (κ2) is 9.99. The van der Waals surface area contributed by atoms with E-state index < -0.39 is 24.4 Å². The van der Waals surface area contributed by atoms with Crippen molar-refractivity contribution in [3.8, 4) is 0 Å². The van der Waals surface area contributed by atoms with E-state index in [4.69, 9.17) is 9.84 Å². The van der Waals surface area contributed by atoms with Gasteiger partial charge in [-0.25, -0.2) is 14.0 Å². The van der Waals surface area contributed by atoms with Crippen molar-refractivity contribution in [1.82, 2.24) is 10.2 Å². The lowest BCUT2D eigenvalue weighted by molar-refractivity contribution is 0.0980. The summed E-state index contributed by atoms with van der Waals surface area (Å²) in [6.45, 7) is 0.386. The molecule has 2 rings (SSSR count). The summed E-state index contributed by atoms with van der Waals surface area (Å²) < 4.78 is 18.5. The Hall–Kier alpha value is -2.31. The van der Waals surface area contributed by atoms with E-state index in [2.05, 4.69) is 5.32 Å². The van der Waals surface area contributed by atoms with Crippen molar-refractivity contribution in [2.75, 3.05) is 13.6 Å². The van der Waals surface area contributed by atoms with Gasteiger partial charge in [-0.2, -0.15) is 0 Å². The highest BCUT2D eigenvalue weighted by Crippen LogP contribution is 2.29. The van der Waals surface area contributed by atoms with Crippen molar-refractivity contribution in [3.63, 3.8) is 0 Å². The van der Waals surface area contributed by atoms with Gasteiger partial charge in [-0.3, -0.25) is 0 Å². The molecule has 0 saturated heterocycles. The van der Waals surface area contributed by atoms with Crippen molar-refractivity contribution in [1.29, 1.82) is 0 Å². The number of alkyl halides is 1. The fraction of sp³-hybridized carbons (Fsp3) is 0.579. The number of nitrogens with zero attached hydrogens (tertiary/aromatic N) is 1. The van der Waals surface area contributed by atoms with E-state index >= 15 is 0 Å². The molecule has 1 fully saturated rings. The van der Waals surface area contributed by atoms with Crippen LogP contribution in [0.5, 0.6) is 0 Å². The SMILES string of the molecule is CN(C[C@H](C[C@H]1CC[C@H](F)CC1)NC(=O)O)C(=O)OCc1ccccc1. The molecule has 0 heterocycles. The van der Waals surface area contributed by atoms with Crippen molar-refractivity contribution < 1.29 is 23.8 Å². The number of ether oxygens (including phenoxy) is 1. The maximum atomic E-state index is 13.3. The smallest absolute Gasteiger partial charge is 0.409 e. The van der Waals surface area contributed by atoms with Gasteiger partial charge in [0.15, 0.2) is 0 Å². The number of carbonyl (C=O) groups excluding carboxylic acids is 1. The summed E-state index contributed by atoms with van der Waals surface area (Å²) in [5.41, 5.74) is 0.887. The molecule has 6 nitrogen and oxygen atoms in total. The van der Waals surface area contributed by atoms with Crippen LogP contribution in [0.3, 0.4) is 0 Å². The summed E-state index contributed by atoms with van der Waals surface area (Å²) in [6.07, 6.45) is 0.780. The average molecular weight is 366 g/mol. The van der Waals surface area contributed by atoms with Gasteiger partial charge in [0.05, 0.1) is 6.04 Å². The molecule has 1 aliphatic carbocycles. The second-order valence-electron chi connectivity index (χ2n) is 6.92. The Morgan fingerprint density at radius 2 is 1.92 bits per heavy atom. The largest absolute Gasteiger partial charge is 0.465 e. The van der Waals surface area contributed by atoms with Crippen LogP contribution in [0.2, 0.25) is 0 Å². The molecule has 1 aliphatic rings. The molecular weight excluding hydrogens is 339 g/mol. The first-order valence-electron chi connectivity index (χ1n) is 8.99. The molecule has 1 atom stereocenters. The summed E-state index contributed by atoms with van der Waals surface area (Å²) in [4.78, 5) is 24.6. The topological polar surface area (TPSA) is 78.9 Å². The molecule has 2 amide bonds.